The monoisotopic (exact) mass is 259 g/mol. The number of methoxy groups -OCH3 is 2. The third-order valence-electron chi connectivity index (χ3n) is 3.75. The van der Waals surface area contributed by atoms with Gasteiger partial charge in [-0.25, -0.2) is 9.97 Å². The summed E-state index contributed by atoms with van der Waals surface area (Å²) in [5.41, 5.74) is 7.65. The zero-order chi connectivity index (χ0) is 13.6. The van der Waals surface area contributed by atoms with E-state index in [1.165, 1.54) is 0 Å². The van der Waals surface area contributed by atoms with E-state index in [0.29, 0.717) is 11.6 Å². The molecule has 2 aromatic rings. The Morgan fingerprint density at radius 3 is 2.53 bits per heavy atom. The van der Waals surface area contributed by atoms with E-state index in [2.05, 4.69) is 9.97 Å². The van der Waals surface area contributed by atoms with Gasteiger partial charge in [-0.3, -0.25) is 0 Å². The lowest BCUT2D eigenvalue weighted by atomic mass is 10.0. The molecule has 1 saturated carbocycles. The fourth-order valence-electron chi connectivity index (χ4n) is 2.61. The quantitative estimate of drug-likeness (QED) is 0.914. The first-order valence-electron chi connectivity index (χ1n) is 6.28. The number of aryl methyl sites for hydroxylation is 1. The summed E-state index contributed by atoms with van der Waals surface area (Å²) in [7, 11) is 3.37. The van der Waals surface area contributed by atoms with E-state index >= 15 is 0 Å². The number of ether oxygens (including phenoxy) is 2. The van der Waals surface area contributed by atoms with Crippen LogP contribution in [-0.2, 0) is 10.3 Å². The molecule has 0 aliphatic heterocycles. The van der Waals surface area contributed by atoms with Crippen LogP contribution in [0.3, 0.4) is 0 Å². The summed E-state index contributed by atoms with van der Waals surface area (Å²) in [6, 6.07) is 3.97. The number of hydrogen-bond acceptors (Lipinski definition) is 5. The Kier molecular flexibility index (Phi) is 2.60. The lowest BCUT2D eigenvalue weighted by molar-refractivity contribution is 0.0768. The third kappa shape index (κ3) is 1.73. The standard InChI is InChI=1S/C14H17N3O2/c1-8-16-10-5-4-9(14(19-3)6-7-14)12(18-2)11(10)13(15)17-8/h4-5H,6-7H2,1-3H3,(H2,15,16,17). The minimum absolute atomic E-state index is 0.225. The van der Waals surface area contributed by atoms with Crippen molar-refractivity contribution in [1.82, 2.24) is 9.97 Å². The highest BCUT2D eigenvalue weighted by atomic mass is 16.5. The first kappa shape index (κ1) is 12.2. The number of benzene rings is 1. The van der Waals surface area contributed by atoms with E-state index in [0.717, 1.165) is 35.1 Å². The van der Waals surface area contributed by atoms with Crippen molar-refractivity contribution in [3.8, 4) is 5.75 Å². The average molecular weight is 259 g/mol. The predicted octanol–water partition coefficient (Wildman–Crippen LogP) is 2.16. The van der Waals surface area contributed by atoms with E-state index < -0.39 is 0 Å². The molecule has 1 aromatic carbocycles. The molecule has 5 nitrogen and oxygen atoms in total. The zero-order valence-corrected chi connectivity index (χ0v) is 11.4. The largest absolute Gasteiger partial charge is 0.496 e. The van der Waals surface area contributed by atoms with Crippen molar-refractivity contribution in [2.75, 3.05) is 20.0 Å². The van der Waals surface area contributed by atoms with E-state index in [4.69, 9.17) is 15.2 Å². The molecule has 1 aromatic heterocycles. The highest BCUT2D eigenvalue weighted by molar-refractivity contribution is 5.95. The fourth-order valence-corrected chi connectivity index (χ4v) is 2.61. The maximum absolute atomic E-state index is 6.04. The van der Waals surface area contributed by atoms with Gasteiger partial charge in [0, 0.05) is 12.7 Å². The van der Waals surface area contributed by atoms with Gasteiger partial charge < -0.3 is 15.2 Å². The molecule has 1 fully saturated rings. The van der Waals surface area contributed by atoms with Crippen molar-refractivity contribution in [3.63, 3.8) is 0 Å². The van der Waals surface area contributed by atoms with Gasteiger partial charge in [0.05, 0.1) is 23.6 Å². The van der Waals surface area contributed by atoms with Gasteiger partial charge in [-0.15, -0.1) is 0 Å². The molecule has 0 amide bonds. The first-order valence-corrected chi connectivity index (χ1v) is 6.28. The summed E-state index contributed by atoms with van der Waals surface area (Å²) in [5, 5.41) is 0.772. The van der Waals surface area contributed by atoms with Crippen molar-refractivity contribution >= 4 is 16.7 Å². The van der Waals surface area contributed by atoms with Gasteiger partial charge in [-0.05, 0) is 25.8 Å². The highest BCUT2D eigenvalue weighted by Gasteiger charge is 2.47. The van der Waals surface area contributed by atoms with Crippen LogP contribution in [0.15, 0.2) is 12.1 Å². The molecule has 1 heterocycles. The van der Waals surface area contributed by atoms with Crippen LogP contribution >= 0.6 is 0 Å². The minimum atomic E-state index is -0.225. The molecular formula is C14H17N3O2. The molecule has 2 N–H and O–H groups in total. The summed E-state index contributed by atoms with van der Waals surface area (Å²) in [5.74, 6) is 1.84. The Morgan fingerprint density at radius 1 is 1.21 bits per heavy atom. The smallest absolute Gasteiger partial charge is 0.138 e. The molecule has 19 heavy (non-hydrogen) atoms. The van der Waals surface area contributed by atoms with Gasteiger partial charge in [-0.2, -0.15) is 0 Å². The number of rotatable bonds is 3. The molecule has 0 bridgehead atoms. The number of aromatic nitrogens is 2. The maximum atomic E-state index is 6.04. The van der Waals surface area contributed by atoms with E-state index in [9.17, 15) is 0 Å². The molecule has 0 spiro atoms. The van der Waals surface area contributed by atoms with Gasteiger partial charge >= 0.3 is 0 Å². The summed E-state index contributed by atoms with van der Waals surface area (Å²) < 4.78 is 11.2. The van der Waals surface area contributed by atoms with Crippen LogP contribution < -0.4 is 10.5 Å². The second-order valence-corrected chi connectivity index (χ2v) is 4.89. The second-order valence-electron chi connectivity index (χ2n) is 4.89. The average Bonchev–Trinajstić information content (AvgIpc) is 3.18. The Hall–Kier alpha value is -1.88. The van der Waals surface area contributed by atoms with Crippen molar-refractivity contribution in [2.24, 2.45) is 0 Å². The number of nitrogens with zero attached hydrogens (tertiary/aromatic N) is 2. The first-order chi connectivity index (χ1) is 9.11. The van der Waals surface area contributed by atoms with Crippen LogP contribution in [-0.4, -0.2) is 24.2 Å². The predicted molar refractivity (Wildman–Crippen MR) is 73.2 cm³/mol. The molecule has 1 aliphatic rings. The number of anilines is 1. The molecular weight excluding hydrogens is 242 g/mol. The van der Waals surface area contributed by atoms with Crippen molar-refractivity contribution in [3.05, 3.63) is 23.5 Å². The van der Waals surface area contributed by atoms with E-state index in [-0.39, 0.29) is 5.60 Å². The van der Waals surface area contributed by atoms with Gasteiger partial charge in [0.2, 0.25) is 0 Å². The summed E-state index contributed by atoms with van der Waals surface area (Å²) >= 11 is 0. The Bertz CT molecular complexity index is 651. The van der Waals surface area contributed by atoms with Crippen LogP contribution in [0.5, 0.6) is 5.75 Å². The van der Waals surface area contributed by atoms with Gasteiger partial charge in [-0.1, -0.05) is 6.07 Å². The molecule has 1 aliphatic carbocycles. The lowest BCUT2D eigenvalue weighted by Gasteiger charge is -2.19. The fraction of sp³-hybridized carbons (Fsp3) is 0.429. The Labute approximate surface area is 111 Å². The number of nitrogen functional groups attached to an aromatic ring is 1. The van der Waals surface area contributed by atoms with Crippen LogP contribution in [0.25, 0.3) is 10.9 Å². The SMILES string of the molecule is COc1c(C2(OC)CC2)ccc2nc(C)nc(N)c12. The van der Waals surface area contributed by atoms with E-state index in [1.54, 1.807) is 14.2 Å². The maximum Gasteiger partial charge on any atom is 0.138 e. The highest BCUT2D eigenvalue weighted by Crippen LogP contribution is 2.53. The number of fused-ring (bicyclic) bond motifs is 1. The van der Waals surface area contributed by atoms with E-state index in [1.807, 2.05) is 19.1 Å². The summed E-state index contributed by atoms with van der Waals surface area (Å²) in [4.78, 5) is 8.63. The lowest BCUT2D eigenvalue weighted by Crippen LogP contribution is -2.12. The number of hydrogen-bond donors (Lipinski definition) is 1. The normalized spacial score (nSPS) is 16.6. The number of nitrogens with two attached hydrogens (primary N) is 1. The summed E-state index contributed by atoms with van der Waals surface area (Å²) in [6.07, 6.45) is 2.00. The van der Waals surface area contributed by atoms with Crippen LogP contribution in [0.4, 0.5) is 5.82 Å². The summed E-state index contributed by atoms with van der Waals surface area (Å²) in [6.45, 7) is 1.83. The second kappa shape index (κ2) is 4.06. The van der Waals surface area contributed by atoms with Gasteiger partial charge in [0.25, 0.3) is 0 Å². The Balaban J connectivity index is 2.32. The van der Waals surface area contributed by atoms with Crippen molar-refractivity contribution in [1.29, 1.82) is 0 Å². The van der Waals surface area contributed by atoms with Crippen LogP contribution in [0.1, 0.15) is 24.2 Å². The topological polar surface area (TPSA) is 70.3 Å². The van der Waals surface area contributed by atoms with Gasteiger partial charge in [0.15, 0.2) is 0 Å². The Morgan fingerprint density at radius 2 is 1.95 bits per heavy atom. The van der Waals surface area contributed by atoms with Crippen molar-refractivity contribution in [2.45, 2.75) is 25.4 Å². The molecule has 100 valence electrons. The molecule has 0 saturated heterocycles. The molecule has 0 unspecified atom stereocenters. The molecule has 0 atom stereocenters. The van der Waals surface area contributed by atoms with Crippen LogP contribution in [0.2, 0.25) is 0 Å². The zero-order valence-electron chi connectivity index (χ0n) is 11.4. The van der Waals surface area contributed by atoms with Crippen LogP contribution in [0, 0.1) is 6.92 Å². The third-order valence-corrected chi connectivity index (χ3v) is 3.75. The van der Waals surface area contributed by atoms with Gasteiger partial charge in [0.1, 0.15) is 17.4 Å². The molecule has 3 rings (SSSR count). The molecule has 0 radical (unpaired) electrons. The minimum Gasteiger partial charge on any atom is -0.496 e. The van der Waals surface area contributed by atoms with Crippen molar-refractivity contribution < 1.29 is 9.47 Å². The molecule has 5 heteroatoms.